The molecule has 70 valence electrons. The van der Waals surface area contributed by atoms with Gasteiger partial charge in [0.25, 0.3) is 0 Å². The predicted octanol–water partition coefficient (Wildman–Crippen LogP) is 2.51. The zero-order chi connectivity index (χ0) is 8.55. The van der Waals surface area contributed by atoms with Gasteiger partial charge in [-0.3, -0.25) is 0 Å². The smallest absolute Gasteiger partial charge is 0.0614 e. The van der Waals surface area contributed by atoms with Crippen molar-refractivity contribution in [3.05, 3.63) is 0 Å². The summed E-state index contributed by atoms with van der Waals surface area (Å²) in [7, 11) is 0. The summed E-state index contributed by atoms with van der Waals surface area (Å²) >= 11 is 4.70. The first kappa shape index (κ1) is 8.89. The van der Waals surface area contributed by atoms with Crippen LogP contribution in [0.4, 0.5) is 0 Å². The third kappa shape index (κ3) is 1.51. The number of thiol groups is 1. The van der Waals surface area contributed by atoms with Gasteiger partial charge in [-0.15, -0.1) is 0 Å². The van der Waals surface area contributed by atoms with E-state index in [0.717, 1.165) is 18.4 Å². The lowest BCUT2D eigenvalue weighted by molar-refractivity contribution is -0.0526. The molecule has 1 saturated heterocycles. The zero-order valence-corrected chi connectivity index (χ0v) is 8.59. The Labute approximate surface area is 80.3 Å². The summed E-state index contributed by atoms with van der Waals surface area (Å²) in [5, 5.41) is 0.587. The van der Waals surface area contributed by atoms with Crippen molar-refractivity contribution in [1.82, 2.24) is 0 Å². The lowest BCUT2D eigenvalue weighted by Crippen LogP contribution is -2.42. The van der Waals surface area contributed by atoms with Crippen LogP contribution in [-0.2, 0) is 4.74 Å². The van der Waals surface area contributed by atoms with Gasteiger partial charge in [-0.25, -0.2) is 0 Å². The van der Waals surface area contributed by atoms with Crippen LogP contribution in [-0.4, -0.2) is 18.0 Å². The summed E-state index contributed by atoms with van der Waals surface area (Å²) in [6.07, 6.45) is 5.68. The van der Waals surface area contributed by atoms with Gasteiger partial charge >= 0.3 is 0 Å². The number of hydrogen-bond acceptors (Lipinski definition) is 2. The van der Waals surface area contributed by atoms with Crippen molar-refractivity contribution >= 4 is 12.6 Å². The second-order valence-corrected chi connectivity index (χ2v) is 4.86. The first-order chi connectivity index (χ1) is 5.79. The highest BCUT2D eigenvalue weighted by Crippen LogP contribution is 2.39. The minimum Gasteiger partial charge on any atom is -0.378 e. The van der Waals surface area contributed by atoms with E-state index in [-0.39, 0.29) is 0 Å². The third-order valence-corrected chi connectivity index (χ3v) is 4.31. The second-order valence-electron chi connectivity index (χ2n) is 4.26. The van der Waals surface area contributed by atoms with Crippen LogP contribution in [0.15, 0.2) is 0 Å². The van der Waals surface area contributed by atoms with Gasteiger partial charge in [0.05, 0.1) is 6.10 Å². The Morgan fingerprint density at radius 1 is 1.25 bits per heavy atom. The average molecular weight is 186 g/mol. The molecule has 1 aliphatic heterocycles. The quantitative estimate of drug-likeness (QED) is 0.572. The maximum absolute atomic E-state index is 5.75. The highest BCUT2D eigenvalue weighted by molar-refractivity contribution is 7.81. The number of rotatable bonds is 0. The topological polar surface area (TPSA) is 9.23 Å². The summed E-state index contributed by atoms with van der Waals surface area (Å²) in [5.41, 5.74) is 0. The van der Waals surface area contributed by atoms with Gasteiger partial charge in [0, 0.05) is 11.9 Å². The molecule has 2 heteroatoms. The predicted molar refractivity (Wildman–Crippen MR) is 53.6 cm³/mol. The summed E-state index contributed by atoms with van der Waals surface area (Å²) in [6.45, 7) is 3.30. The molecule has 0 radical (unpaired) electrons. The molecule has 0 aromatic rings. The van der Waals surface area contributed by atoms with Gasteiger partial charge in [0.2, 0.25) is 0 Å². The Kier molecular flexibility index (Phi) is 2.66. The van der Waals surface area contributed by atoms with Crippen molar-refractivity contribution < 1.29 is 4.74 Å². The van der Waals surface area contributed by atoms with Gasteiger partial charge in [0.1, 0.15) is 0 Å². The fraction of sp³-hybridized carbons (Fsp3) is 1.00. The number of ether oxygens (including phenoxy) is 1. The minimum atomic E-state index is 0.539. The molecule has 2 aliphatic rings. The first-order valence-electron chi connectivity index (χ1n) is 5.08. The van der Waals surface area contributed by atoms with E-state index >= 15 is 0 Å². The Hall–Kier alpha value is 0.310. The lowest BCUT2D eigenvalue weighted by Gasteiger charge is -2.42. The summed E-state index contributed by atoms with van der Waals surface area (Å²) in [6, 6.07) is 0. The van der Waals surface area contributed by atoms with Crippen LogP contribution in [0.25, 0.3) is 0 Å². The van der Waals surface area contributed by atoms with Crippen LogP contribution >= 0.6 is 12.6 Å². The Morgan fingerprint density at radius 3 is 2.92 bits per heavy atom. The monoisotopic (exact) mass is 186 g/mol. The molecule has 0 spiro atoms. The van der Waals surface area contributed by atoms with Crippen LogP contribution in [0.5, 0.6) is 0 Å². The molecule has 1 heterocycles. The van der Waals surface area contributed by atoms with Crippen molar-refractivity contribution in [2.75, 3.05) is 6.61 Å². The molecule has 12 heavy (non-hydrogen) atoms. The molecule has 4 unspecified atom stereocenters. The molecule has 0 amide bonds. The van der Waals surface area contributed by atoms with Gasteiger partial charge in [-0.05, 0) is 37.5 Å². The van der Waals surface area contributed by atoms with E-state index < -0.39 is 0 Å². The van der Waals surface area contributed by atoms with Crippen molar-refractivity contribution in [3.8, 4) is 0 Å². The van der Waals surface area contributed by atoms with E-state index in [0.29, 0.717) is 11.4 Å². The summed E-state index contributed by atoms with van der Waals surface area (Å²) in [4.78, 5) is 0. The lowest BCUT2D eigenvalue weighted by atomic mass is 9.76. The maximum Gasteiger partial charge on any atom is 0.0614 e. The normalized spacial score (nSPS) is 48.5. The SMILES string of the molecule is CC1CCC2OCCCC2C1S. The maximum atomic E-state index is 5.75. The molecular weight excluding hydrogens is 168 g/mol. The van der Waals surface area contributed by atoms with Gasteiger partial charge in [-0.1, -0.05) is 6.92 Å². The van der Waals surface area contributed by atoms with Crippen molar-refractivity contribution in [3.63, 3.8) is 0 Å². The Morgan fingerprint density at radius 2 is 2.08 bits per heavy atom. The van der Waals surface area contributed by atoms with Crippen molar-refractivity contribution in [2.45, 2.75) is 44.0 Å². The molecular formula is C10H18OS. The highest BCUT2D eigenvalue weighted by atomic mass is 32.1. The van der Waals surface area contributed by atoms with Gasteiger partial charge < -0.3 is 4.74 Å². The second kappa shape index (κ2) is 3.59. The van der Waals surface area contributed by atoms with E-state index in [2.05, 4.69) is 6.92 Å². The molecule has 0 bridgehead atoms. The van der Waals surface area contributed by atoms with E-state index in [1.165, 1.54) is 25.7 Å². The number of hydrogen-bond donors (Lipinski definition) is 1. The van der Waals surface area contributed by atoms with E-state index in [1.54, 1.807) is 0 Å². The molecule has 0 aromatic carbocycles. The minimum absolute atomic E-state index is 0.539. The Balaban J connectivity index is 2.03. The molecule has 2 rings (SSSR count). The standard InChI is InChI=1S/C10H18OS/c1-7-4-5-9-8(10(7)12)3-2-6-11-9/h7-10,12H,2-6H2,1H3. The molecule has 0 aromatic heterocycles. The average Bonchev–Trinajstić information content (AvgIpc) is 2.12. The first-order valence-corrected chi connectivity index (χ1v) is 5.60. The molecule has 2 fully saturated rings. The fourth-order valence-corrected chi connectivity index (χ4v) is 3.06. The van der Waals surface area contributed by atoms with E-state index in [9.17, 15) is 0 Å². The molecule has 1 nitrogen and oxygen atoms in total. The van der Waals surface area contributed by atoms with Gasteiger partial charge in [-0.2, -0.15) is 12.6 Å². The largest absolute Gasteiger partial charge is 0.378 e. The van der Waals surface area contributed by atoms with Crippen LogP contribution in [0.3, 0.4) is 0 Å². The van der Waals surface area contributed by atoms with E-state index in [4.69, 9.17) is 17.4 Å². The van der Waals surface area contributed by atoms with Crippen LogP contribution in [0.2, 0.25) is 0 Å². The van der Waals surface area contributed by atoms with Crippen LogP contribution < -0.4 is 0 Å². The molecule has 1 saturated carbocycles. The number of fused-ring (bicyclic) bond motifs is 1. The van der Waals surface area contributed by atoms with E-state index in [1.807, 2.05) is 0 Å². The summed E-state index contributed by atoms with van der Waals surface area (Å²) in [5.74, 6) is 1.53. The summed E-state index contributed by atoms with van der Waals surface area (Å²) < 4.78 is 5.75. The molecule has 1 aliphatic carbocycles. The van der Waals surface area contributed by atoms with Crippen LogP contribution in [0.1, 0.15) is 32.6 Å². The zero-order valence-electron chi connectivity index (χ0n) is 7.70. The molecule has 4 atom stereocenters. The van der Waals surface area contributed by atoms with Crippen molar-refractivity contribution in [2.24, 2.45) is 11.8 Å². The van der Waals surface area contributed by atoms with Crippen molar-refractivity contribution in [1.29, 1.82) is 0 Å². The third-order valence-electron chi connectivity index (χ3n) is 3.42. The Bertz CT molecular complexity index is 158. The fourth-order valence-electron chi connectivity index (χ4n) is 2.57. The van der Waals surface area contributed by atoms with Crippen LogP contribution in [0, 0.1) is 11.8 Å². The van der Waals surface area contributed by atoms with Gasteiger partial charge in [0.15, 0.2) is 0 Å². The molecule has 0 N–H and O–H groups in total. The highest BCUT2D eigenvalue weighted by Gasteiger charge is 2.37.